The van der Waals surface area contributed by atoms with Gasteiger partial charge in [-0.2, -0.15) is 0 Å². The fourth-order valence-electron chi connectivity index (χ4n) is 1.51. The van der Waals surface area contributed by atoms with E-state index in [1.54, 1.807) is 12.2 Å². The lowest BCUT2D eigenvalue weighted by Gasteiger charge is -2.13. The quantitative estimate of drug-likeness (QED) is 0.700. The van der Waals surface area contributed by atoms with Gasteiger partial charge in [-0.15, -0.1) is 0 Å². The van der Waals surface area contributed by atoms with Crippen molar-refractivity contribution in [2.75, 3.05) is 11.9 Å². The topological polar surface area (TPSA) is 50.1 Å². The second-order valence-corrected chi connectivity index (χ2v) is 4.18. The van der Waals surface area contributed by atoms with E-state index in [9.17, 15) is 4.39 Å². The summed E-state index contributed by atoms with van der Waals surface area (Å²) < 4.78 is 12.0. The Kier molecular flexibility index (Phi) is 5.75. The lowest BCUT2D eigenvalue weighted by molar-refractivity contribution is 0.688. The maximum atomic E-state index is 12.0. The summed E-state index contributed by atoms with van der Waals surface area (Å²) in [5.41, 5.74) is 7.96. The molecule has 0 radical (unpaired) electrons. The highest BCUT2D eigenvalue weighted by atomic mass is 32.1. The molecule has 3 nitrogen and oxygen atoms in total. The molecule has 100 valence electrons. The SMILES string of the molecule is C=Cc1cccc(NC(=S)CN/C(N)=C/F)c1C=C. The van der Waals surface area contributed by atoms with Gasteiger partial charge < -0.3 is 16.4 Å². The standard InChI is InChI=1S/C14H16FN3S/c1-3-10-6-5-7-12(11(10)4-2)18-14(19)9-17-13(16)8-15/h3-8,17H,1-2,9,16H2,(H,18,19)/b13-8+. The lowest BCUT2D eigenvalue weighted by atomic mass is 10.1. The van der Waals surface area contributed by atoms with Crippen molar-refractivity contribution in [2.24, 2.45) is 5.73 Å². The van der Waals surface area contributed by atoms with Gasteiger partial charge >= 0.3 is 0 Å². The molecule has 0 atom stereocenters. The van der Waals surface area contributed by atoms with E-state index in [0.29, 0.717) is 4.99 Å². The number of hydrogen-bond acceptors (Lipinski definition) is 3. The molecule has 0 unspecified atom stereocenters. The highest BCUT2D eigenvalue weighted by Crippen LogP contribution is 2.22. The van der Waals surface area contributed by atoms with Crippen LogP contribution in [0.25, 0.3) is 12.2 Å². The minimum absolute atomic E-state index is 0.0621. The van der Waals surface area contributed by atoms with Crippen LogP contribution in [-0.2, 0) is 0 Å². The third-order valence-corrected chi connectivity index (χ3v) is 2.65. The van der Waals surface area contributed by atoms with E-state index in [-0.39, 0.29) is 18.7 Å². The zero-order chi connectivity index (χ0) is 14.3. The van der Waals surface area contributed by atoms with Gasteiger partial charge in [-0.25, -0.2) is 4.39 Å². The first kappa shape index (κ1) is 14.9. The van der Waals surface area contributed by atoms with Crippen LogP contribution in [0.1, 0.15) is 11.1 Å². The van der Waals surface area contributed by atoms with E-state index < -0.39 is 0 Å². The molecule has 0 aliphatic carbocycles. The molecule has 5 heteroatoms. The van der Waals surface area contributed by atoms with Gasteiger partial charge in [0.1, 0.15) is 12.2 Å². The first-order valence-corrected chi connectivity index (χ1v) is 6.00. The zero-order valence-corrected chi connectivity index (χ0v) is 11.3. The summed E-state index contributed by atoms with van der Waals surface area (Å²) in [7, 11) is 0. The Balaban J connectivity index is 2.79. The number of nitrogens with one attached hydrogen (secondary N) is 2. The first-order valence-electron chi connectivity index (χ1n) is 5.59. The molecule has 0 aromatic heterocycles. The van der Waals surface area contributed by atoms with Crippen molar-refractivity contribution in [3.05, 3.63) is 54.6 Å². The normalized spacial score (nSPS) is 10.7. The van der Waals surface area contributed by atoms with E-state index in [0.717, 1.165) is 16.8 Å². The highest BCUT2D eigenvalue weighted by molar-refractivity contribution is 7.80. The smallest absolute Gasteiger partial charge is 0.126 e. The van der Waals surface area contributed by atoms with E-state index in [1.165, 1.54) is 0 Å². The Bertz CT molecular complexity index is 523. The van der Waals surface area contributed by atoms with Crippen LogP contribution < -0.4 is 16.4 Å². The molecule has 1 rings (SSSR count). The number of anilines is 1. The molecule has 0 bridgehead atoms. The summed E-state index contributed by atoms with van der Waals surface area (Å²) >= 11 is 5.15. The van der Waals surface area contributed by atoms with Crippen molar-refractivity contribution in [1.29, 1.82) is 0 Å². The number of thiocarbonyl (C=S) groups is 1. The average Bonchev–Trinajstić information content (AvgIpc) is 2.44. The monoisotopic (exact) mass is 277 g/mol. The summed E-state index contributed by atoms with van der Waals surface area (Å²) in [6, 6.07) is 5.70. The molecule has 0 amide bonds. The molecule has 0 saturated heterocycles. The molecule has 0 fully saturated rings. The zero-order valence-electron chi connectivity index (χ0n) is 10.4. The van der Waals surface area contributed by atoms with Crippen LogP contribution in [0, 0.1) is 0 Å². The van der Waals surface area contributed by atoms with E-state index in [1.807, 2.05) is 18.2 Å². The van der Waals surface area contributed by atoms with Gasteiger partial charge in [0.2, 0.25) is 0 Å². The molecule has 0 heterocycles. The summed E-state index contributed by atoms with van der Waals surface area (Å²) in [5.74, 6) is -0.0621. The van der Waals surface area contributed by atoms with E-state index in [4.69, 9.17) is 18.0 Å². The average molecular weight is 277 g/mol. The van der Waals surface area contributed by atoms with Crippen LogP contribution in [-0.4, -0.2) is 11.5 Å². The van der Waals surface area contributed by atoms with Crippen molar-refractivity contribution in [2.45, 2.75) is 0 Å². The molecule has 1 aromatic carbocycles. The number of nitrogens with two attached hydrogens (primary N) is 1. The van der Waals surface area contributed by atoms with Crippen molar-refractivity contribution in [3.8, 4) is 0 Å². The molecule has 0 spiro atoms. The molecular weight excluding hydrogens is 261 g/mol. The Labute approximate surface area is 117 Å². The fourth-order valence-corrected chi connectivity index (χ4v) is 1.70. The van der Waals surface area contributed by atoms with Crippen LogP contribution in [0.15, 0.2) is 43.5 Å². The highest BCUT2D eigenvalue weighted by Gasteiger charge is 2.05. The van der Waals surface area contributed by atoms with E-state index >= 15 is 0 Å². The Morgan fingerprint density at radius 3 is 2.68 bits per heavy atom. The first-order chi connectivity index (χ1) is 9.12. The molecule has 0 saturated carbocycles. The molecular formula is C14H16FN3S. The van der Waals surface area contributed by atoms with E-state index in [2.05, 4.69) is 23.8 Å². The summed E-state index contributed by atoms with van der Waals surface area (Å²) in [6.07, 6.45) is 3.76. The second-order valence-electron chi connectivity index (χ2n) is 3.68. The van der Waals surface area contributed by atoms with Crippen molar-refractivity contribution in [3.63, 3.8) is 0 Å². The van der Waals surface area contributed by atoms with Crippen molar-refractivity contribution in [1.82, 2.24) is 5.32 Å². The van der Waals surface area contributed by atoms with Crippen LogP contribution in [0.2, 0.25) is 0 Å². The maximum Gasteiger partial charge on any atom is 0.126 e. The number of hydrogen-bond donors (Lipinski definition) is 3. The van der Waals surface area contributed by atoms with Crippen LogP contribution >= 0.6 is 12.2 Å². The van der Waals surface area contributed by atoms with Crippen LogP contribution in [0.3, 0.4) is 0 Å². The number of benzene rings is 1. The Hall–Kier alpha value is -2.14. The van der Waals surface area contributed by atoms with Gasteiger partial charge in [0.05, 0.1) is 11.5 Å². The molecule has 0 aliphatic heterocycles. The summed E-state index contributed by atoms with van der Waals surface area (Å²) in [4.78, 5) is 0.495. The summed E-state index contributed by atoms with van der Waals surface area (Å²) in [6.45, 7) is 7.76. The fraction of sp³-hybridized carbons (Fsp3) is 0.0714. The van der Waals surface area contributed by atoms with Crippen LogP contribution in [0.4, 0.5) is 10.1 Å². The minimum Gasteiger partial charge on any atom is -0.384 e. The Morgan fingerprint density at radius 1 is 1.37 bits per heavy atom. The summed E-state index contributed by atoms with van der Waals surface area (Å²) in [5, 5.41) is 5.69. The number of rotatable bonds is 6. The lowest BCUT2D eigenvalue weighted by Crippen LogP contribution is -2.29. The maximum absolute atomic E-state index is 12.0. The molecule has 0 aliphatic rings. The van der Waals surface area contributed by atoms with Gasteiger partial charge in [0, 0.05) is 11.3 Å². The van der Waals surface area contributed by atoms with Gasteiger partial charge in [0.15, 0.2) is 0 Å². The van der Waals surface area contributed by atoms with Gasteiger partial charge in [-0.1, -0.05) is 49.7 Å². The molecule has 4 N–H and O–H groups in total. The molecule has 1 aromatic rings. The van der Waals surface area contributed by atoms with Gasteiger partial charge in [-0.05, 0) is 11.6 Å². The Morgan fingerprint density at radius 2 is 2.11 bits per heavy atom. The minimum atomic E-state index is -0.0621. The second kappa shape index (κ2) is 7.33. The third kappa shape index (κ3) is 4.22. The van der Waals surface area contributed by atoms with Crippen molar-refractivity contribution >= 4 is 35.0 Å². The third-order valence-electron chi connectivity index (χ3n) is 2.41. The predicted octanol–water partition coefficient (Wildman–Crippen LogP) is 3.03. The van der Waals surface area contributed by atoms with Crippen LogP contribution in [0.5, 0.6) is 0 Å². The number of halogens is 1. The molecule has 19 heavy (non-hydrogen) atoms. The van der Waals surface area contributed by atoms with Crippen molar-refractivity contribution < 1.29 is 4.39 Å². The van der Waals surface area contributed by atoms with Gasteiger partial charge in [-0.3, -0.25) is 0 Å². The van der Waals surface area contributed by atoms with Gasteiger partial charge in [0.25, 0.3) is 0 Å². The predicted molar refractivity (Wildman–Crippen MR) is 84.2 cm³/mol. The largest absolute Gasteiger partial charge is 0.384 e.